The Morgan fingerprint density at radius 2 is 1.54 bits per heavy atom. The molecule has 3 nitrogen and oxygen atoms in total. The zero-order valence-corrected chi connectivity index (χ0v) is 17.4. The largest absolute Gasteiger partial charge is 0.478 e. The summed E-state index contributed by atoms with van der Waals surface area (Å²) < 4.78 is 13.6. The molecule has 28 heavy (non-hydrogen) atoms. The third-order valence-electron chi connectivity index (χ3n) is 6.04. The molecule has 0 heterocycles. The molecule has 2 rings (SSSR count). The van der Waals surface area contributed by atoms with Gasteiger partial charge in [0.2, 0.25) is 0 Å². The Balaban J connectivity index is 1.38. The van der Waals surface area contributed by atoms with Crippen LogP contribution in [0.2, 0.25) is 0 Å². The topological polar surface area (TPSA) is 49.3 Å². The Hall–Kier alpha value is -1.58. The third-order valence-corrected chi connectivity index (χ3v) is 6.04. The maximum atomic E-state index is 13.6. The number of hydrogen-bond acceptors (Lipinski definition) is 2. The Bertz CT molecular complexity index is 570. The van der Waals surface area contributed by atoms with Crippen LogP contribution in [0.25, 0.3) is 0 Å². The van der Waals surface area contributed by atoms with E-state index in [4.69, 9.17) is 5.11 Å². The molecule has 0 amide bonds. The van der Waals surface area contributed by atoms with E-state index in [1.165, 1.54) is 102 Å². The van der Waals surface area contributed by atoms with Gasteiger partial charge >= 0.3 is 5.97 Å². The Morgan fingerprint density at radius 3 is 2.14 bits per heavy atom. The van der Waals surface area contributed by atoms with Crippen molar-refractivity contribution < 1.29 is 14.3 Å². The molecule has 0 atom stereocenters. The minimum Gasteiger partial charge on any atom is -0.478 e. The van der Waals surface area contributed by atoms with Crippen LogP contribution in [0.5, 0.6) is 0 Å². The minimum atomic E-state index is -1.23. The molecule has 0 aromatic heterocycles. The number of halogens is 1. The first-order chi connectivity index (χ1) is 13.7. The smallest absolute Gasteiger partial charge is 0.338 e. The van der Waals surface area contributed by atoms with Crippen molar-refractivity contribution in [3.05, 3.63) is 29.6 Å². The molecule has 1 aromatic carbocycles. The summed E-state index contributed by atoms with van der Waals surface area (Å²) in [4.78, 5) is 10.8. The lowest BCUT2D eigenvalue weighted by molar-refractivity contribution is 0.0692. The number of carboxylic acids is 1. The summed E-state index contributed by atoms with van der Waals surface area (Å²) in [6, 6.07) is 4.20. The summed E-state index contributed by atoms with van der Waals surface area (Å²) in [6.45, 7) is 0.799. The monoisotopic (exact) mass is 391 g/mol. The van der Waals surface area contributed by atoms with Crippen molar-refractivity contribution in [2.45, 2.75) is 96.3 Å². The van der Waals surface area contributed by atoms with Gasteiger partial charge in [0.15, 0.2) is 0 Å². The van der Waals surface area contributed by atoms with E-state index < -0.39 is 11.8 Å². The molecule has 158 valence electrons. The lowest BCUT2D eigenvalue weighted by Gasteiger charge is -2.21. The van der Waals surface area contributed by atoms with Crippen molar-refractivity contribution in [3.8, 4) is 0 Å². The fourth-order valence-electron chi connectivity index (χ4n) is 4.30. The van der Waals surface area contributed by atoms with Crippen LogP contribution in [0.4, 0.5) is 10.1 Å². The molecule has 0 saturated heterocycles. The van der Waals surface area contributed by atoms with Gasteiger partial charge in [-0.3, -0.25) is 0 Å². The summed E-state index contributed by atoms with van der Waals surface area (Å²) in [7, 11) is 0. The van der Waals surface area contributed by atoms with E-state index in [9.17, 15) is 9.18 Å². The highest BCUT2D eigenvalue weighted by Crippen LogP contribution is 2.28. The molecule has 4 heteroatoms. The second-order valence-electron chi connectivity index (χ2n) is 8.40. The molecular formula is C24H38FNO2. The standard InChI is InChI=1S/C24H38FNO2/c25-23-19-21(16-17-22(23)24(27)28)26-18-12-7-5-3-1-2-4-6-9-13-20-14-10-8-11-15-20/h16-17,19-20,26H,1-15,18H2,(H,27,28). The number of rotatable bonds is 14. The van der Waals surface area contributed by atoms with Gasteiger partial charge in [-0.05, 0) is 30.5 Å². The first-order valence-electron chi connectivity index (χ1n) is 11.4. The van der Waals surface area contributed by atoms with Crippen LogP contribution < -0.4 is 5.32 Å². The predicted molar refractivity (Wildman–Crippen MR) is 115 cm³/mol. The van der Waals surface area contributed by atoms with Gasteiger partial charge in [-0.15, -0.1) is 0 Å². The minimum absolute atomic E-state index is 0.278. The van der Waals surface area contributed by atoms with Gasteiger partial charge in [0.1, 0.15) is 5.82 Å². The quantitative estimate of drug-likeness (QED) is 0.324. The van der Waals surface area contributed by atoms with Crippen LogP contribution in [-0.4, -0.2) is 17.6 Å². The van der Waals surface area contributed by atoms with Gasteiger partial charge in [-0.1, -0.05) is 89.9 Å². The van der Waals surface area contributed by atoms with Gasteiger partial charge in [-0.25, -0.2) is 9.18 Å². The molecule has 1 aliphatic rings. The molecule has 1 fully saturated rings. The number of carboxylic acid groups (broad SMARTS) is 1. The van der Waals surface area contributed by atoms with Crippen LogP contribution in [0.3, 0.4) is 0 Å². The average Bonchev–Trinajstić information content (AvgIpc) is 2.69. The molecule has 0 radical (unpaired) electrons. The molecule has 1 aliphatic carbocycles. The maximum absolute atomic E-state index is 13.6. The first kappa shape index (κ1) is 22.7. The summed E-state index contributed by atoms with van der Waals surface area (Å²) >= 11 is 0. The van der Waals surface area contributed by atoms with Gasteiger partial charge in [0, 0.05) is 12.2 Å². The summed E-state index contributed by atoms with van der Waals surface area (Å²) in [6.07, 6.45) is 20.6. The van der Waals surface area contributed by atoms with Crippen molar-refractivity contribution in [1.82, 2.24) is 0 Å². The Labute approximate surface area is 170 Å². The molecule has 0 unspecified atom stereocenters. The number of aromatic carboxylic acids is 1. The van der Waals surface area contributed by atoms with Crippen molar-refractivity contribution in [2.24, 2.45) is 5.92 Å². The van der Waals surface area contributed by atoms with Crippen LogP contribution in [0.15, 0.2) is 18.2 Å². The molecule has 1 aromatic rings. The molecule has 2 N–H and O–H groups in total. The zero-order valence-electron chi connectivity index (χ0n) is 17.4. The van der Waals surface area contributed by atoms with Gasteiger partial charge in [-0.2, -0.15) is 0 Å². The number of anilines is 1. The van der Waals surface area contributed by atoms with Crippen LogP contribution in [0, 0.1) is 11.7 Å². The molecule has 0 bridgehead atoms. The lowest BCUT2D eigenvalue weighted by atomic mass is 9.85. The Morgan fingerprint density at radius 1 is 0.929 bits per heavy atom. The van der Waals surface area contributed by atoms with E-state index in [0.717, 1.165) is 18.9 Å². The number of carbonyl (C=O) groups is 1. The van der Waals surface area contributed by atoms with E-state index in [1.54, 1.807) is 6.07 Å². The second-order valence-corrected chi connectivity index (χ2v) is 8.40. The van der Waals surface area contributed by atoms with Crippen LogP contribution in [0.1, 0.15) is 107 Å². The van der Waals surface area contributed by atoms with Gasteiger partial charge in [0.25, 0.3) is 0 Å². The molecule has 1 saturated carbocycles. The van der Waals surface area contributed by atoms with Gasteiger partial charge < -0.3 is 10.4 Å². The number of hydrogen-bond donors (Lipinski definition) is 2. The van der Waals surface area contributed by atoms with Gasteiger partial charge in [0.05, 0.1) is 5.56 Å². The van der Waals surface area contributed by atoms with E-state index in [0.29, 0.717) is 5.69 Å². The summed E-state index contributed by atoms with van der Waals surface area (Å²) in [5, 5.41) is 12.0. The number of nitrogens with one attached hydrogen (secondary N) is 1. The van der Waals surface area contributed by atoms with Crippen LogP contribution >= 0.6 is 0 Å². The molecule has 0 aliphatic heterocycles. The second kappa shape index (κ2) is 13.6. The van der Waals surface area contributed by atoms with Crippen LogP contribution in [-0.2, 0) is 0 Å². The first-order valence-corrected chi connectivity index (χ1v) is 11.4. The van der Waals surface area contributed by atoms with Crippen molar-refractivity contribution in [3.63, 3.8) is 0 Å². The van der Waals surface area contributed by atoms with E-state index >= 15 is 0 Å². The fourth-order valence-corrected chi connectivity index (χ4v) is 4.30. The number of unbranched alkanes of at least 4 members (excludes halogenated alkanes) is 8. The fraction of sp³-hybridized carbons (Fsp3) is 0.708. The third kappa shape index (κ3) is 9.07. The molecular weight excluding hydrogens is 353 g/mol. The maximum Gasteiger partial charge on any atom is 0.338 e. The van der Waals surface area contributed by atoms with Crippen molar-refractivity contribution in [2.75, 3.05) is 11.9 Å². The zero-order chi connectivity index (χ0) is 20.0. The summed E-state index contributed by atoms with van der Waals surface area (Å²) in [5.41, 5.74) is 0.371. The molecule has 0 spiro atoms. The van der Waals surface area contributed by atoms with Crippen molar-refractivity contribution in [1.29, 1.82) is 0 Å². The van der Waals surface area contributed by atoms with Crippen molar-refractivity contribution >= 4 is 11.7 Å². The highest BCUT2D eigenvalue weighted by molar-refractivity contribution is 5.88. The summed E-state index contributed by atoms with van der Waals surface area (Å²) in [5.74, 6) is -0.876. The average molecular weight is 392 g/mol. The predicted octanol–water partition coefficient (Wildman–Crippen LogP) is 7.42. The number of benzene rings is 1. The van der Waals surface area contributed by atoms with E-state index in [-0.39, 0.29) is 5.56 Å². The van der Waals surface area contributed by atoms with E-state index in [1.807, 2.05) is 0 Å². The highest BCUT2D eigenvalue weighted by atomic mass is 19.1. The van der Waals surface area contributed by atoms with E-state index in [2.05, 4.69) is 5.32 Å². The normalized spacial score (nSPS) is 14.9. The SMILES string of the molecule is O=C(O)c1ccc(NCCCCCCCCCCCC2CCCCC2)cc1F. The highest BCUT2D eigenvalue weighted by Gasteiger charge is 2.12. The lowest BCUT2D eigenvalue weighted by Crippen LogP contribution is -2.05. The Kier molecular flexibility index (Phi) is 11.0.